The van der Waals surface area contributed by atoms with Crippen LogP contribution in [0.25, 0.3) is 5.70 Å². The number of benzene rings is 1. The lowest BCUT2D eigenvalue weighted by Crippen LogP contribution is -2.10. The van der Waals surface area contributed by atoms with E-state index in [1.807, 2.05) is 0 Å². The highest BCUT2D eigenvalue weighted by Crippen LogP contribution is 2.32. The van der Waals surface area contributed by atoms with Gasteiger partial charge in [-0.2, -0.15) is 13.2 Å². The van der Waals surface area contributed by atoms with Crippen molar-refractivity contribution < 1.29 is 17.9 Å². The van der Waals surface area contributed by atoms with Crippen LogP contribution in [0.4, 0.5) is 18.9 Å². The Labute approximate surface area is 103 Å². The molecule has 6 heteroatoms. The molecule has 0 saturated heterocycles. The standard InChI is InChI=1S/C12H15F3N2O/c1-7(6-18-2)11(17)9-5-8(12(13,14)15)3-4-10(9)16/h3-5H,6,16-17H2,1-2H3/b11-7-. The number of nitrogen functional groups attached to an aromatic ring is 1. The molecule has 0 aliphatic carbocycles. The minimum absolute atomic E-state index is 0.180. The van der Waals surface area contributed by atoms with E-state index in [0.29, 0.717) is 5.57 Å². The highest BCUT2D eigenvalue weighted by Gasteiger charge is 2.31. The van der Waals surface area contributed by atoms with Crippen LogP contribution in [0.3, 0.4) is 0 Å². The smallest absolute Gasteiger partial charge is 0.398 e. The van der Waals surface area contributed by atoms with Gasteiger partial charge in [0.2, 0.25) is 0 Å². The van der Waals surface area contributed by atoms with E-state index in [0.717, 1.165) is 12.1 Å². The van der Waals surface area contributed by atoms with E-state index in [1.165, 1.54) is 13.2 Å². The van der Waals surface area contributed by atoms with Crippen molar-refractivity contribution in [2.24, 2.45) is 5.73 Å². The quantitative estimate of drug-likeness (QED) is 0.821. The number of halogens is 3. The summed E-state index contributed by atoms with van der Waals surface area (Å²) in [5, 5.41) is 0. The summed E-state index contributed by atoms with van der Waals surface area (Å²) in [6, 6.07) is 3.08. The minimum atomic E-state index is -4.42. The first kappa shape index (κ1) is 14.4. The lowest BCUT2D eigenvalue weighted by atomic mass is 10.0. The van der Waals surface area contributed by atoms with Crippen LogP contribution < -0.4 is 11.5 Å². The SMILES string of the molecule is COC/C(C)=C(\N)c1cc(C(F)(F)F)ccc1N. The maximum absolute atomic E-state index is 12.6. The maximum atomic E-state index is 12.6. The van der Waals surface area contributed by atoms with Crippen molar-refractivity contribution in [2.75, 3.05) is 19.5 Å². The molecule has 0 aliphatic heterocycles. The molecule has 100 valence electrons. The van der Waals surface area contributed by atoms with Crippen molar-refractivity contribution in [3.63, 3.8) is 0 Å². The van der Waals surface area contributed by atoms with Gasteiger partial charge in [0.15, 0.2) is 0 Å². The highest BCUT2D eigenvalue weighted by molar-refractivity contribution is 5.75. The number of anilines is 1. The van der Waals surface area contributed by atoms with Crippen molar-refractivity contribution in [3.8, 4) is 0 Å². The Morgan fingerprint density at radius 3 is 2.44 bits per heavy atom. The van der Waals surface area contributed by atoms with Crippen LogP contribution in [-0.2, 0) is 10.9 Å². The predicted octanol–water partition coefficient (Wildman–Crippen LogP) is 2.62. The van der Waals surface area contributed by atoms with Gasteiger partial charge < -0.3 is 16.2 Å². The summed E-state index contributed by atoms with van der Waals surface area (Å²) in [7, 11) is 1.48. The van der Waals surface area contributed by atoms with Gasteiger partial charge in [0.1, 0.15) is 0 Å². The molecule has 0 radical (unpaired) electrons. The van der Waals surface area contributed by atoms with Gasteiger partial charge in [-0.3, -0.25) is 0 Å². The van der Waals surface area contributed by atoms with Gasteiger partial charge in [-0.25, -0.2) is 0 Å². The molecule has 0 unspecified atom stereocenters. The molecule has 1 rings (SSSR count). The molecule has 0 amide bonds. The Kier molecular flexibility index (Phi) is 4.24. The second-order valence-corrected chi connectivity index (χ2v) is 3.93. The van der Waals surface area contributed by atoms with Crippen molar-refractivity contribution in [3.05, 3.63) is 34.9 Å². The molecule has 18 heavy (non-hydrogen) atoms. The topological polar surface area (TPSA) is 61.3 Å². The van der Waals surface area contributed by atoms with E-state index in [4.69, 9.17) is 16.2 Å². The summed E-state index contributed by atoms with van der Waals surface area (Å²) in [4.78, 5) is 0. The van der Waals surface area contributed by atoms with Crippen LogP contribution in [0.1, 0.15) is 18.1 Å². The van der Waals surface area contributed by atoms with E-state index in [-0.39, 0.29) is 23.6 Å². The molecule has 1 aromatic carbocycles. The molecule has 1 aromatic rings. The van der Waals surface area contributed by atoms with E-state index in [9.17, 15) is 13.2 Å². The summed E-state index contributed by atoms with van der Waals surface area (Å²) in [5.74, 6) is 0. The Hall–Kier alpha value is -1.69. The number of nitrogens with two attached hydrogens (primary N) is 2. The molecule has 0 heterocycles. The Balaban J connectivity index is 3.28. The van der Waals surface area contributed by atoms with Gasteiger partial charge >= 0.3 is 6.18 Å². The molecular formula is C12H15F3N2O. The Morgan fingerprint density at radius 1 is 1.33 bits per heavy atom. The number of ether oxygens (including phenoxy) is 1. The third kappa shape index (κ3) is 3.16. The lowest BCUT2D eigenvalue weighted by molar-refractivity contribution is -0.137. The predicted molar refractivity (Wildman–Crippen MR) is 64.5 cm³/mol. The first-order valence-corrected chi connectivity index (χ1v) is 5.18. The summed E-state index contributed by atoms with van der Waals surface area (Å²) in [6.45, 7) is 1.92. The summed E-state index contributed by atoms with van der Waals surface area (Å²) in [5.41, 5.74) is 11.9. The molecule has 0 aliphatic rings. The minimum Gasteiger partial charge on any atom is -0.398 e. The van der Waals surface area contributed by atoms with Gasteiger partial charge in [-0.1, -0.05) is 0 Å². The molecule has 3 nitrogen and oxygen atoms in total. The monoisotopic (exact) mass is 260 g/mol. The molecule has 4 N–H and O–H groups in total. The van der Waals surface area contributed by atoms with Crippen LogP contribution in [0.15, 0.2) is 23.8 Å². The molecule has 0 spiro atoms. The van der Waals surface area contributed by atoms with Gasteiger partial charge in [0, 0.05) is 24.1 Å². The second kappa shape index (κ2) is 5.30. The van der Waals surface area contributed by atoms with E-state index in [2.05, 4.69) is 0 Å². The largest absolute Gasteiger partial charge is 0.416 e. The summed E-state index contributed by atoms with van der Waals surface area (Å²) >= 11 is 0. The molecule has 0 atom stereocenters. The van der Waals surface area contributed by atoms with Crippen LogP contribution >= 0.6 is 0 Å². The van der Waals surface area contributed by atoms with E-state index >= 15 is 0 Å². The highest BCUT2D eigenvalue weighted by atomic mass is 19.4. The average molecular weight is 260 g/mol. The van der Waals surface area contributed by atoms with Gasteiger partial charge in [-0.05, 0) is 30.7 Å². The maximum Gasteiger partial charge on any atom is 0.416 e. The lowest BCUT2D eigenvalue weighted by Gasteiger charge is -2.13. The number of hydrogen-bond acceptors (Lipinski definition) is 3. The fourth-order valence-corrected chi connectivity index (χ4v) is 1.49. The molecule has 0 saturated carbocycles. The van der Waals surface area contributed by atoms with Crippen LogP contribution in [0.2, 0.25) is 0 Å². The zero-order valence-electron chi connectivity index (χ0n) is 10.1. The third-order valence-electron chi connectivity index (χ3n) is 2.49. The average Bonchev–Trinajstić information content (AvgIpc) is 2.27. The second-order valence-electron chi connectivity index (χ2n) is 3.93. The van der Waals surface area contributed by atoms with Gasteiger partial charge in [-0.15, -0.1) is 0 Å². The number of hydrogen-bond donors (Lipinski definition) is 2. The van der Waals surface area contributed by atoms with Crippen molar-refractivity contribution >= 4 is 11.4 Å². The molecule has 0 aromatic heterocycles. The van der Waals surface area contributed by atoms with Crippen LogP contribution in [0.5, 0.6) is 0 Å². The Bertz CT molecular complexity index is 467. The summed E-state index contributed by atoms with van der Waals surface area (Å²) in [6.07, 6.45) is -4.42. The zero-order valence-corrected chi connectivity index (χ0v) is 10.1. The fourth-order valence-electron chi connectivity index (χ4n) is 1.49. The van der Waals surface area contributed by atoms with E-state index in [1.54, 1.807) is 6.92 Å². The normalized spacial score (nSPS) is 13.4. The van der Waals surface area contributed by atoms with Crippen molar-refractivity contribution in [2.45, 2.75) is 13.1 Å². The molecule has 0 fully saturated rings. The molecular weight excluding hydrogens is 245 g/mol. The fraction of sp³-hybridized carbons (Fsp3) is 0.333. The third-order valence-corrected chi connectivity index (χ3v) is 2.49. The summed E-state index contributed by atoms with van der Waals surface area (Å²) < 4.78 is 42.7. The van der Waals surface area contributed by atoms with Crippen LogP contribution in [0, 0.1) is 0 Å². The van der Waals surface area contributed by atoms with Gasteiger partial charge in [0.25, 0.3) is 0 Å². The number of alkyl halides is 3. The first-order chi connectivity index (χ1) is 8.27. The van der Waals surface area contributed by atoms with Gasteiger partial charge in [0.05, 0.1) is 12.2 Å². The van der Waals surface area contributed by atoms with Crippen molar-refractivity contribution in [1.29, 1.82) is 0 Å². The number of methoxy groups -OCH3 is 1. The van der Waals surface area contributed by atoms with E-state index < -0.39 is 11.7 Å². The van der Waals surface area contributed by atoms with Crippen LogP contribution in [-0.4, -0.2) is 13.7 Å². The number of rotatable bonds is 3. The van der Waals surface area contributed by atoms with Crippen molar-refractivity contribution in [1.82, 2.24) is 0 Å². The first-order valence-electron chi connectivity index (χ1n) is 5.18. The molecule has 0 bridgehead atoms. The Morgan fingerprint density at radius 2 is 1.94 bits per heavy atom. The zero-order chi connectivity index (χ0) is 13.9.